The average Bonchev–Trinajstić information content (AvgIpc) is 2.69. The molecular formula is C12H21BrN2S. The second-order valence-corrected chi connectivity index (χ2v) is 6.32. The van der Waals surface area contributed by atoms with Gasteiger partial charge in [-0.2, -0.15) is 0 Å². The van der Waals surface area contributed by atoms with Crippen LogP contribution in [0.5, 0.6) is 0 Å². The molecule has 1 unspecified atom stereocenters. The Morgan fingerprint density at radius 3 is 2.62 bits per heavy atom. The second-order valence-electron chi connectivity index (χ2n) is 4.03. The van der Waals surface area contributed by atoms with Gasteiger partial charge in [-0.15, -0.1) is 11.3 Å². The second kappa shape index (κ2) is 7.43. The fourth-order valence-electron chi connectivity index (χ4n) is 1.66. The highest BCUT2D eigenvalue weighted by atomic mass is 79.9. The quantitative estimate of drug-likeness (QED) is 0.831. The molecule has 1 heterocycles. The number of rotatable bonds is 7. The first-order valence-corrected chi connectivity index (χ1v) is 7.51. The molecule has 0 spiro atoms. The van der Waals surface area contributed by atoms with Gasteiger partial charge in [-0.25, -0.2) is 0 Å². The average molecular weight is 305 g/mol. The van der Waals surface area contributed by atoms with E-state index in [1.54, 1.807) is 11.3 Å². The van der Waals surface area contributed by atoms with Crippen molar-refractivity contribution in [2.45, 2.75) is 33.4 Å². The van der Waals surface area contributed by atoms with Gasteiger partial charge < -0.3 is 10.2 Å². The summed E-state index contributed by atoms with van der Waals surface area (Å²) in [4.78, 5) is 2.45. The number of likely N-dealkylation sites (N-methyl/N-ethyl adjacent to an activating group) is 1. The standard InChI is InChI=1S/C12H21BrN2S/c1-4-15(5-2)8-10(3)14-7-11-6-12(13)16-9-11/h6,9-10,14H,4-5,7-8H2,1-3H3. The van der Waals surface area contributed by atoms with Crippen LogP contribution < -0.4 is 5.32 Å². The monoisotopic (exact) mass is 304 g/mol. The van der Waals surface area contributed by atoms with E-state index in [2.05, 4.69) is 58.4 Å². The molecule has 0 radical (unpaired) electrons. The number of hydrogen-bond acceptors (Lipinski definition) is 3. The molecule has 0 aromatic carbocycles. The van der Waals surface area contributed by atoms with Crippen molar-refractivity contribution in [3.8, 4) is 0 Å². The third-order valence-corrected chi connectivity index (χ3v) is 4.26. The molecule has 0 saturated carbocycles. The normalized spacial score (nSPS) is 13.3. The predicted molar refractivity (Wildman–Crippen MR) is 76.1 cm³/mol. The summed E-state index contributed by atoms with van der Waals surface area (Å²) in [6, 6.07) is 2.72. The van der Waals surface area contributed by atoms with Gasteiger partial charge in [0.05, 0.1) is 3.79 Å². The highest BCUT2D eigenvalue weighted by molar-refractivity contribution is 9.11. The smallest absolute Gasteiger partial charge is 0.0701 e. The highest BCUT2D eigenvalue weighted by Crippen LogP contribution is 2.20. The highest BCUT2D eigenvalue weighted by Gasteiger charge is 2.06. The Hall–Kier alpha value is 0.100. The van der Waals surface area contributed by atoms with Crippen LogP contribution in [0.4, 0.5) is 0 Å². The molecule has 0 aliphatic heterocycles. The molecule has 0 saturated heterocycles. The summed E-state index contributed by atoms with van der Waals surface area (Å²) in [7, 11) is 0. The maximum atomic E-state index is 3.56. The molecule has 0 bridgehead atoms. The minimum Gasteiger partial charge on any atom is -0.309 e. The Balaban J connectivity index is 2.26. The fourth-order valence-corrected chi connectivity index (χ4v) is 2.87. The molecule has 1 atom stereocenters. The summed E-state index contributed by atoms with van der Waals surface area (Å²) in [5.41, 5.74) is 1.36. The molecule has 1 aromatic heterocycles. The third-order valence-electron chi connectivity index (χ3n) is 2.70. The molecule has 4 heteroatoms. The lowest BCUT2D eigenvalue weighted by atomic mass is 10.2. The Kier molecular flexibility index (Phi) is 6.58. The van der Waals surface area contributed by atoms with Crippen LogP contribution in [0, 0.1) is 0 Å². The summed E-state index contributed by atoms with van der Waals surface area (Å²) < 4.78 is 1.21. The topological polar surface area (TPSA) is 15.3 Å². The molecule has 0 fully saturated rings. The third kappa shape index (κ3) is 4.95. The van der Waals surface area contributed by atoms with Crippen LogP contribution in [0.2, 0.25) is 0 Å². The molecule has 0 aliphatic carbocycles. The Morgan fingerprint density at radius 1 is 1.44 bits per heavy atom. The lowest BCUT2D eigenvalue weighted by Gasteiger charge is -2.23. The summed E-state index contributed by atoms with van der Waals surface area (Å²) in [6.45, 7) is 11.0. The largest absolute Gasteiger partial charge is 0.309 e. The van der Waals surface area contributed by atoms with E-state index in [1.165, 1.54) is 9.35 Å². The van der Waals surface area contributed by atoms with E-state index in [0.717, 1.165) is 26.2 Å². The van der Waals surface area contributed by atoms with Gasteiger partial charge in [-0.05, 0) is 53.0 Å². The van der Waals surface area contributed by atoms with E-state index in [0.29, 0.717) is 6.04 Å². The van der Waals surface area contributed by atoms with Crippen LogP contribution in [0.25, 0.3) is 0 Å². The van der Waals surface area contributed by atoms with Crippen molar-refractivity contribution in [3.05, 3.63) is 20.8 Å². The van der Waals surface area contributed by atoms with Gasteiger partial charge in [0.15, 0.2) is 0 Å². The van der Waals surface area contributed by atoms with Crippen molar-refractivity contribution in [1.82, 2.24) is 10.2 Å². The van der Waals surface area contributed by atoms with Crippen LogP contribution in [-0.4, -0.2) is 30.6 Å². The number of nitrogens with one attached hydrogen (secondary N) is 1. The van der Waals surface area contributed by atoms with E-state index < -0.39 is 0 Å². The molecule has 0 aliphatic rings. The zero-order valence-electron chi connectivity index (χ0n) is 10.3. The fraction of sp³-hybridized carbons (Fsp3) is 0.667. The molecular weight excluding hydrogens is 284 g/mol. The first-order chi connectivity index (χ1) is 7.65. The molecule has 16 heavy (non-hydrogen) atoms. The van der Waals surface area contributed by atoms with Crippen LogP contribution in [0.3, 0.4) is 0 Å². The van der Waals surface area contributed by atoms with Crippen LogP contribution in [-0.2, 0) is 6.54 Å². The van der Waals surface area contributed by atoms with Gasteiger partial charge in [-0.1, -0.05) is 13.8 Å². The van der Waals surface area contributed by atoms with Crippen LogP contribution in [0.1, 0.15) is 26.3 Å². The number of hydrogen-bond donors (Lipinski definition) is 1. The summed E-state index contributed by atoms with van der Waals surface area (Å²) >= 11 is 5.23. The Labute approximate surface area is 111 Å². The van der Waals surface area contributed by atoms with Crippen molar-refractivity contribution < 1.29 is 0 Å². The lowest BCUT2D eigenvalue weighted by molar-refractivity contribution is 0.271. The Bertz CT molecular complexity index is 297. The maximum Gasteiger partial charge on any atom is 0.0701 e. The van der Waals surface area contributed by atoms with E-state index in [1.807, 2.05) is 0 Å². The number of thiophene rings is 1. The zero-order chi connectivity index (χ0) is 12.0. The van der Waals surface area contributed by atoms with Crippen molar-refractivity contribution in [3.63, 3.8) is 0 Å². The van der Waals surface area contributed by atoms with E-state index in [4.69, 9.17) is 0 Å². The predicted octanol–water partition coefficient (Wildman–Crippen LogP) is 3.33. The molecule has 0 amide bonds. The van der Waals surface area contributed by atoms with Crippen LogP contribution in [0.15, 0.2) is 15.2 Å². The van der Waals surface area contributed by atoms with E-state index in [9.17, 15) is 0 Å². The van der Waals surface area contributed by atoms with Crippen molar-refractivity contribution >= 4 is 27.3 Å². The molecule has 1 aromatic rings. The van der Waals surface area contributed by atoms with Gasteiger partial charge in [0.1, 0.15) is 0 Å². The SMILES string of the molecule is CCN(CC)CC(C)NCc1csc(Br)c1. The van der Waals surface area contributed by atoms with Gasteiger partial charge in [0.2, 0.25) is 0 Å². The van der Waals surface area contributed by atoms with Crippen molar-refractivity contribution in [2.75, 3.05) is 19.6 Å². The molecule has 1 rings (SSSR count). The minimum atomic E-state index is 0.540. The Morgan fingerprint density at radius 2 is 2.12 bits per heavy atom. The van der Waals surface area contributed by atoms with Gasteiger partial charge in [0.25, 0.3) is 0 Å². The number of nitrogens with zero attached hydrogens (tertiary/aromatic N) is 1. The summed E-state index contributed by atoms with van der Waals surface area (Å²) in [5.74, 6) is 0. The first kappa shape index (κ1) is 14.2. The zero-order valence-corrected chi connectivity index (χ0v) is 12.7. The van der Waals surface area contributed by atoms with Crippen molar-refractivity contribution in [1.29, 1.82) is 0 Å². The first-order valence-electron chi connectivity index (χ1n) is 5.84. The van der Waals surface area contributed by atoms with E-state index in [-0.39, 0.29) is 0 Å². The molecule has 1 N–H and O–H groups in total. The van der Waals surface area contributed by atoms with Gasteiger partial charge >= 0.3 is 0 Å². The van der Waals surface area contributed by atoms with Crippen molar-refractivity contribution in [2.24, 2.45) is 0 Å². The molecule has 92 valence electrons. The number of halogens is 1. The maximum absolute atomic E-state index is 3.56. The van der Waals surface area contributed by atoms with Gasteiger partial charge in [-0.3, -0.25) is 0 Å². The van der Waals surface area contributed by atoms with Crippen LogP contribution >= 0.6 is 27.3 Å². The minimum absolute atomic E-state index is 0.540. The summed E-state index contributed by atoms with van der Waals surface area (Å²) in [6.07, 6.45) is 0. The van der Waals surface area contributed by atoms with E-state index >= 15 is 0 Å². The molecule has 2 nitrogen and oxygen atoms in total. The lowest BCUT2D eigenvalue weighted by Crippen LogP contribution is -2.38. The summed E-state index contributed by atoms with van der Waals surface area (Å²) in [5, 5.41) is 5.75. The van der Waals surface area contributed by atoms with Gasteiger partial charge in [0, 0.05) is 19.1 Å².